The summed E-state index contributed by atoms with van der Waals surface area (Å²) in [4.78, 5) is 12.1. The molecule has 0 saturated heterocycles. The van der Waals surface area contributed by atoms with Crippen molar-refractivity contribution in [1.82, 2.24) is 5.32 Å². The van der Waals surface area contributed by atoms with Gasteiger partial charge in [-0.1, -0.05) is 18.2 Å². The molecular weight excluding hydrogens is 266 g/mol. The van der Waals surface area contributed by atoms with Gasteiger partial charge in [0.1, 0.15) is 11.5 Å². The lowest BCUT2D eigenvalue weighted by Crippen LogP contribution is -2.18. The molecule has 110 valence electrons. The van der Waals surface area contributed by atoms with Crippen molar-refractivity contribution in [3.05, 3.63) is 47.5 Å². The zero-order chi connectivity index (χ0) is 15.4. The molecule has 0 aliphatic carbocycles. The van der Waals surface area contributed by atoms with E-state index in [-0.39, 0.29) is 5.91 Å². The van der Waals surface area contributed by atoms with E-state index in [9.17, 15) is 4.79 Å². The van der Waals surface area contributed by atoms with Crippen LogP contribution in [0.3, 0.4) is 0 Å². The second kappa shape index (κ2) is 6.31. The van der Waals surface area contributed by atoms with Crippen LogP contribution in [0.15, 0.2) is 36.4 Å². The summed E-state index contributed by atoms with van der Waals surface area (Å²) in [5.74, 6) is 1.22. The lowest BCUT2D eigenvalue weighted by Gasteiger charge is -2.16. The van der Waals surface area contributed by atoms with Gasteiger partial charge in [0.25, 0.3) is 5.91 Å². The van der Waals surface area contributed by atoms with Gasteiger partial charge in [-0.05, 0) is 30.7 Å². The number of rotatable bonds is 4. The molecule has 4 nitrogen and oxygen atoms in total. The minimum atomic E-state index is -0.143. The van der Waals surface area contributed by atoms with Gasteiger partial charge in [0.2, 0.25) is 0 Å². The number of hydrogen-bond acceptors (Lipinski definition) is 3. The van der Waals surface area contributed by atoms with Crippen LogP contribution in [0.25, 0.3) is 11.1 Å². The second-order valence-electron chi connectivity index (χ2n) is 4.67. The zero-order valence-corrected chi connectivity index (χ0v) is 12.7. The highest BCUT2D eigenvalue weighted by molar-refractivity contribution is 6.02. The maximum absolute atomic E-state index is 12.1. The average molecular weight is 285 g/mol. The van der Waals surface area contributed by atoms with E-state index in [4.69, 9.17) is 9.47 Å². The van der Waals surface area contributed by atoms with Gasteiger partial charge in [-0.3, -0.25) is 4.79 Å². The van der Waals surface area contributed by atoms with Gasteiger partial charge < -0.3 is 14.8 Å². The van der Waals surface area contributed by atoms with Crippen LogP contribution in [-0.4, -0.2) is 27.2 Å². The Morgan fingerprint density at radius 2 is 1.62 bits per heavy atom. The molecule has 0 atom stereocenters. The zero-order valence-electron chi connectivity index (χ0n) is 12.7. The van der Waals surface area contributed by atoms with Gasteiger partial charge >= 0.3 is 0 Å². The highest BCUT2D eigenvalue weighted by Gasteiger charge is 2.19. The molecule has 4 heteroatoms. The Morgan fingerprint density at radius 1 is 1.05 bits per heavy atom. The van der Waals surface area contributed by atoms with Crippen molar-refractivity contribution in [2.45, 2.75) is 6.92 Å². The van der Waals surface area contributed by atoms with E-state index in [1.165, 1.54) is 0 Å². The summed E-state index contributed by atoms with van der Waals surface area (Å²) < 4.78 is 11.0. The highest BCUT2D eigenvalue weighted by Crippen LogP contribution is 2.40. The van der Waals surface area contributed by atoms with Gasteiger partial charge in [0, 0.05) is 18.2 Å². The summed E-state index contributed by atoms with van der Waals surface area (Å²) in [7, 11) is 4.84. The Hall–Kier alpha value is -2.49. The number of carbonyl (C=O) groups is 1. The van der Waals surface area contributed by atoms with Crippen LogP contribution in [0.5, 0.6) is 11.5 Å². The summed E-state index contributed by atoms with van der Waals surface area (Å²) in [6.45, 7) is 1.97. The molecule has 2 rings (SSSR count). The minimum Gasteiger partial charge on any atom is -0.496 e. The topological polar surface area (TPSA) is 47.6 Å². The molecule has 0 aromatic heterocycles. The van der Waals surface area contributed by atoms with Gasteiger partial charge in [-0.2, -0.15) is 0 Å². The monoisotopic (exact) mass is 285 g/mol. The molecule has 0 saturated carbocycles. The maximum atomic E-state index is 12.1. The molecule has 0 aliphatic rings. The first-order chi connectivity index (χ1) is 10.1. The van der Waals surface area contributed by atoms with Crippen LogP contribution in [-0.2, 0) is 0 Å². The fourth-order valence-electron chi connectivity index (χ4n) is 2.34. The van der Waals surface area contributed by atoms with Gasteiger partial charge in [-0.15, -0.1) is 0 Å². The van der Waals surface area contributed by atoms with Crippen molar-refractivity contribution in [2.24, 2.45) is 0 Å². The van der Waals surface area contributed by atoms with E-state index < -0.39 is 0 Å². The highest BCUT2D eigenvalue weighted by atomic mass is 16.5. The fourth-order valence-corrected chi connectivity index (χ4v) is 2.34. The third kappa shape index (κ3) is 2.84. The molecular formula is C17H19NO3. The lowest BCUT2D eigenvalue weighted by molar-refractivity contribution is 0.0963. The molecule has 2 aromatic rings. The molecule has 21 heavy (non-hydrogen) atoms. The smallest absolute Gasteiger partial charge is 0.251 e. The predicted molar refractivity (Wildman–Crippen MR) is 83.1 cm³/mol. The SMILES string of the molecule is CNC(=O)c1ccccc1-c1c(OC)cc(C)cc1OC. The summed E-state index contributed by atoms with van der Waals surface area (Å²) in [6, 6.07) is 11.3. The number of carbonyl (C=O) groups excluding carboxylic acids is 1. The van der Waals surface area contributed by atoms with E-state index in [2.05, 4.69) is 5.32 Å². The summed E-state index contributed by atoms with van der Waals surface area (Å²) in [5.41, 5.74) is 3.18. The van der Waals surface area contributed by atoms with Crippen LogP contribution >= 0.6 is 0 Å². The summed E-state index contributed by atoms with van der Waals surface area (Å²) in [5, 5.41) is 2.66. The molecule has 0 bridgehead atoms. The molecule has 0 heterocycles. The number of ether oxygens (including phenoxy) is 2. The average Bonchev–Trinajstić information content (AvgIpc) is 2.53. The second-order valence-corrected chi connectivity index (χ2v) is 4.67. The Labute approximate surface area is 124 Å². The lowest BCUT2D eigenvalue weighted by atomic mass is 9.96. The molecule has 0 spiro atoms. The van der Waals surface area contributed by atoms with Crippen LogP contribution < -0.4 is 14.8 Å². The largest absolute Gasteiger partial charge is 0.496 e. The Balaban J connectivity index is 2.75. The number of aryl methyl sites for hydroxylation is 1. The minimum absolute atomic E-state index is 0.143. The normalized spacial score (nSPS) is 10.1. The van der Waals surface area contributed by atoms with Crippen molar-refractivity contribution in [2.75, 3.05) is 21.3 Å². The summed E-state index contributed by atoms with van der Waals surface area (Å²) >= 11 is 0. The van der Waals surface area contributed by atoms with Crippen LogP contribution in [0, 0.1) is 6.92 Å². The standard InChI is InChI=1S/C17H19NO3/c1-11-9-14(20-3)16(15(10-11)21-4)12-7-5-6-8-13(12)17(19)18-2/h5-10H,1-4H3,(H,18,19). The number of amides is 1. The molecule has 0 aliphatic heterocycles. The predicted octanol–water partition coefficient (Wildman–Crippen LogP) is 3.04. The number of hydrogen-bond donors (Lipinski definition) is 1. The van der Waals surface area contributed by atoms with Crippen LogP contribution in [0.1, 0.15) is 15.9 Å². The fraction of sp³-hybridized carbons (Fsp3) is 0.235. The quantitative estimate of drug-likeness (QED) is 0.939. The Bertz CT molecular complexity index is 640. The van der Waals surface area contributed by atoms with E-state index in [1.807, 2.05) is 37.3 Å². The van der Waals surface area contributed by atoms with Gasteiger partial charge in [-0.25, -0.2) is 0 Å². The first-order valence-electron chi connectivity index (χ1n) is 6.66. The number of methoxy groups -OCH3 is 2. The van der Waals surface area contributed by atoms with E-state index >= 15 is 0 Å². The Morgan fingerprint density at radius 3 is 2.14 bits per heavy atom. The maximum Gasteiger partial charge on any atom is 0.251 e. The molecule has 0 unspecified atom stereocenters. The van der Waals surface area contributed by atoms with Crippen molar-refractivity contribution in [3.63, 3.8) is 0 Å². The van der Waals surface area contributed by atoms with E-state index in [0.29, 0.717) is 17.1 Å². The van der Waals surface area contributed by atoms with Crippen LogP contribution in [0.2, 0.25) is 0 Å². The van der Waals surface area contributed by atoms with E-state index in [1.54, 1.807) is 27.3 Å². The van der Waals surface area contributed by atoms with E-state index in [0.717, 1.165) is 16.7 Å². The Kier molecular flexibility index (Phi) is 4.48. The molecule has 1 N–H and O–H groups in total. The number of nitrogens with one attached hydrogen (secondary N) is 1. The molecule has 0 fully saturated rings. The van der Waals surface area contributed by atoms with Crippen molar-refractivity contribution in [1.29, 1.82) is 0 Å². The van der Waals surface area contributed by atoms with Gasteiger partial charge in [0.15, 0.2) is 0 Å². The molecule has 1 amide bonds. The first kappa shape index (κ1) is 14.9. The first-order valence-corrected chi connectivity index (χ1v) is 6.66. The van der Waals surface area contributed by atoms with Crippen molar-refractivity contribution in [3.8, 4) is 22.6 Å². The summed E-state index contributed by atoms with van der Waals surface area (Å²) in [6.07, 6.45) is 0. The van der Waals surface area contributed by atoms with Crippen molar-refractivity contribution >= 4 is 5.91 Å². The van der Waals surface area contributed by atoms with Crippen molar-refractivity contribution < 1.29 is 14.3 Å². The molecule has 2 aromatic carbocycles. The third-order valence-corrected chi connectivity index (χ3v) is 3.32. The number of benzene rings is 2. The van der Waals surface area contributed by atoms with Crippen LogP contribution in [0.4, 0.5) is 0 Å². The van der Waals surface area contributed by atoms with Gasteiger partial charge in [0.05, 0.1) is 19.8 Å². The molecule has 0 radical (unpaired) electrons. The third-order valence-electron chi connectivity index (χ3n) is 3.32.